The van der Waals surface area contributed by atoms with Gasteiger partial charge in [-0.05, 0) is 131 Å². The molecule has 0 bridgehead atoms. The summed E-state index contributed by atoms with van der Waals surface area (Å²) in [5.74, 6) is 0.119. The van der Waals surface area contributed by atoms with E-state index in [1.54, 1.807) is 67.8 Å². The van der Waals surface area contributed by atoms with E-state index in [1.165, 1.54) is 45.6 Å². The number of carbonyl (C=O) groups is 2. The third-order valence-corrected chi connectivity index (χ3v) is 11.7. The molecule has 6 aromatic carbocycles. The number of ether oxygens (including phenoxy) is 6. The molecule has 6 aromatic rings. The van der Waals surface area contributed by atoms with Crippen LogP contribution >= 0.6 is 0 Å². The molecule has 0 aromatic heterocycles. The number of hydrogen-bond acceptors (Lipinski definition) is 10. The van der Waals surface area contributed by atoms with Crippen LogP contribution in [0.15, 0.2) is 121 Å². The molecule has 0 unspecified atom stereocenters. The van der Waals surface area contributed by atoms with Crippen LogP contribution in [0, 0.1) is 11.6 Å². The lowest BCUT2D eigenvalue weighted by molar-refractivity contribution is 0.0462. The molecule has 2 aliphatic rings. The average molecular weight is 923 g/mol. The largest absolute Gasteiger partial charge is 0.497 e. The van der Waals surface area contributed by atoms with Crippen molar-refractivity contribution in [2.45, 2.75) is 65.8 Å². The van der Waals surface area contributed by atoms with E-state index in [4.69, 9.17) is 28.4 Å². The van der Waals surface area contributed by atoms with Gasteiger partial charge in [0, 0.05) is 56.9 Å². The molecule has 2 aliphatic heterocycles. The highest BCUT2D eigenvalue weighted by Gasteiger charge is 2.29. The lowest BCUT2D eigenvalue weighted by atomic mass is 9.85. The number of rotatable bonds is 12. The number of halogens is 2. The van der Waals surface area contributed by atoms with E-state index < -0.39 is 11.9 Å². The Hall–Kier alpha value is -7.60. The summed E-state index contributed by atoms with van der Waals surface area (Å²) >= 11 is 0. The first-order chi connectivity index (χ1) is 32.5. The molecule has 0 spiro atoms. The number of hydrogen-bond donors (Lipinski definition) is 2. The van der Waals surface area contributed by atoms with Gasteiger partial charge < -0.3 is 39.1 Å². The lowest BCUT2D eigenvalue weighted by Gasteiger charge is -2.33. The second-order valence-electron chi connectivity index (χ2n) is 17.7. The van der Waals surface area contributed by atoms with Gasteiger partial charge in [0.15, 0.2) is 0 Å². The van der Waals surface area contributed by atoms with Crippen molar-refractivity contribution < 1.29 is 46.8 Å². The fourth-order valence-corrected chi connectivity index (χ4v) is 8.98. The minimum absolute atomic E-state index is 0.0171. The fourth-order valence-electron chi connectivity index (χ4n) is 8.98. The van der Waals surface area contributed by atoms with E-state index in [2.05, 4.69) is 50.5 Å². The van der Waals surface area contributed by atoms with Crippen molar-refractivity contribution in [2.24, 2.45) is 0 Å². The zero-order valence-corrected chi connectivity index (χ0v) is 40.0. The van der Waals surface area contributed by atoms with Crippen LogP contribution < -0.4 is 29.6 Å². The zero-order chi connectivity index (χ0) is 48.9. The van der Waals surface area contributed by atoms with Gasteiger partial charge in [0.1, 0.15) is 53.4 Å². The number of carbonyl (C=O) groups excluding carboxylic acids is 2. The molecular weight excluding hydrogens is 867 g/mol. The van der Waals surface area contributed by atoms with E-state index >= 15 is 0 Å². The molecule has 0 saturated heterocycles. The summed E-state index contributed by atoms with van der Waals surface area (Å²) in [4.78, 5) is 25.8. The summed E-state index contributed by atoms with van der Waals surface area (Å²) in [6, 6.07) is 30.5. The molecule has 2 N–H and O–H groups in total. The summed E-state index contributed by atoms with van der Waals surface area (Å²) < 4.78 is 60.8. The van der Waals surface area contributed by atoms with Crippen LogP contribution in [0.4, 0.5) is 20.2 Å². The van der Waals surface area contributed by atoms with Gasteiger partial charge >= 0.3 is 11.9 Å². The van der Waals surface area contributed by atoms with Crippen LogP contribution in [-0.4, -0.2) is 51.5 Å². The second-order valence-corrected chi connectivity index (χ2v) is 17.7. The third kappa shape index (κ3) is 10.5. The van der Waals surface area contributed by atoms with Crippen LogP contribution in [0.3, 0.4) is 0 Å². The molecular formula is C56H56F2N2O8. The van der Waals surface area contributed by atoms with Crippen LogP contribution in [0.2, 0.25) is 0 Å². The normalized spacial score (nSPS) is 13.9. The number of anilines is 2. The predicted octanol–water partition coefficient (Wildman–Crippen LogP) is 12.9. The topological polar surface area (TPSA) is 114 Å². The second kappa shape index (κ2) is 20.1. The highest BCUT2D eigenvalue weighted by Crippen LogP contribution is 2.45. The van der Waals surface area contributed by atoms with Gasteiger partial charge in [0.25, 0.3) is 0 Å². The van der Waals surface area contributed by atoms with Gasteiger partial charge in [-0.15, -0.1) is 0 Å². The van der Waals surface area contributed by atoms with E-state index in [0.717, 1.165) is 61.5 Å². The van der Waals surface area contributed by atoms with Crippen molar-refractivity contribution >= 4 is 34.5 Å². The maximum absolute atomic E-state index is 13.9. The summed E-state index contributed by atoms with van der Waals surface area (Å²) in [6.45, 7) is 12.5. The number of nitrogens with one attached hydrogen (secondary N) is 2. The van der Waals surface area contributed by atoms with Gasteiger partial charge in [0.05, 0.1) is 45.1 Å². The number of benzene rings is 6. The predicted molar refractivity (Wildman–Crippen MR) is 264 cm³/mol. The molecule has 0 fully saturated rings. The maximum atomic E-state index is 13.9. The Morgan fingerprint density at radius 2 is 0.985 bits per heavy atom. The molecule has 12 heteroatoms. The first-order valence-corrected chi connectivity index (χ1v) is 22.0. The van der Waals surface area contributed by atoms with Gasteiger partial charge in [-0.3, -0.25) is 0 Å². The minimum atomic E-state index is -0.488. The van der Waals surface area contributed by atoms with E-state index in [0.29, 0.717) is 39.7 Å². The molecule has 0 radical (unpaired) electrons. The SMILES string of the molecule is COc1cccc(C(=O)OCc2c(-c3ccc(F)cc3OC)ccc3c2C(C)=CC(C)(C)N3)c1.COc1ccccc1C(=O)OCc1c(-c2ccc(F)cc2OC)ccc2c1C(C)=CC(C)(C)N2. The molecule has 2 heterocycles. The fraction of sp³-hybridized carbons (Fsp3) is 0.250. The Bertz CT molecular complexity index is 2960. The van der Waals surface area contributed by atoms with Gasteiger partial charge in [0.2, 0.25) is 0 Å². The quantitative estimate of drug-likeness (QED) is 0.115. The van der Waals surface area contributed by atoms with Crippen molar-refractivity contribution in [3.63, 3.8) is 0 Å². The van der Waals surface area contributed by atoms with Crippen molar-refractivity contribution in [2.75, 3.05) is 39.1 Å². The molecule has 352 valence electrons. The highest BCUT2D eigenvalue weighted by molar-refractivity contribution is 5.94. The Morgan fingerprint density at radius 3 is 1.47 bits per heavy atom. The average Bonchev–Trinajstić information content (AvgIpc) is 3.31. The van der Waals surface area contributed by atoms with E-state index in [1.807, 2.05) is 38.1 Å². The number of methoxy groups -OCH3 is 4. The maximum Gasteiger partial charge on any atom is 0.342 e. The Labute approximate surface area is 396 Å². The van der Waals surface area contributed by atoms with E-state index in [9.17, 15) is 18.4 Å². The highest BCUT2D eigenvalue weighted by atomic mass is 19.1. The molecule has 0 saturated carbocycles. The van der Waals surface area contributed by atoms with Crippen LogP contribution in [0.25, 0.3) is 33.4 Å². The lowest BCUT2D eigenvalue weighted by Crippen LogP contribution is -2.32. The Kier molecular flexibility index (Phi) is 14.3. The summed E-state index contributed by atoms with van der Waals surface area (Å²) in [5.41, 5.74) is 10.9. The monoisotopic (exact) mass is 922 g/mol. The van der Waals surface area contributed by atoms with Crippen molar-refractivity contribution in [1.29, 1.82) is 0 Å². The zero-order valence-electron chi connectivity index (χ0n) is 40.0. The first-order valence-electron chi connectivity index (χ1n) is 22.0. The standard InChI is InChI=1S/2C28H28FNO4/c1-17-15-28(2,3)30-24-12-11-21(22-10-9-19(29)14-25(22)33-5)23(26(17)24)16-34-27(31)18-7-6-8-20(13-18)32-4;1-17-15-28(2,3)30-23-13-12-19(20-11-10-18(29)14-25(20)33-5)22(26(17)23)16-34-27(31)21-8-6-7-9-24(21)32-4/h2*6-15,30H,16H2,1-5H3. The van der Waals surface area contributed by atoms with Crippen LogP contribution in [0.1, 0.15) is 84.5 Å². The Morgan fingerprint density at radius 1 is 0.515 bits per heavy atom. The molecule has 8 rings (SSSR count). The molecule has 0 amide bonds. The molecule has 68 heavy (non-hydrogen) atoms. The van der Waals surface area contributed by atoms with Gasteiger partial charge in [-0.2, -0.15) is 0 Å². The number of esters is 2. The Balaban J connectivity index is 0.000000201. The minimum Gasteiger partial charge on any atom is -0.497 e. The van der Waals surface area contributed by atoms with Gasteiger partial charge in [-0.1, -0.05) is 42.5 Å². The third-order valence-electron chi connectivity index (χ3n) is 11.7. The smallest absolute Gasteiger partial charge is 0.342 e. The number of allylic oxidation sites excluding steroid dienone is 2. The number of fused-ring (bicyclic) bond motifs is 2. The molecule has 0 aliphatic carbocycles. The van der Waals surface area contributed by atoms with Crippen molar-refractivity contribution in [3.05, 3.63) is 166 Å². The molecule has 0 atom stereocenters. The molecule has 10 nitrogen and oxygen atoms in total. The van der Waals surface area contributed by atoms with Crippen molar-refractivity contribution in [3.8, 4) is 45.3 Å². The van der Waals surface area contributed by atoms with Crippen LogP contribution in [0.5, 0.6) is 23.0 Å². The summed E-state index contributed by atoms with van der Waals surface area (Å²) in [7, 11) is 6.08. The first kappa shape index (κ1) is 48.3. The van der Waals surface area contributed by atoms with Gasteiger partial charge in [-0.25, -0.2) is 18.4 Å². The van der Waals surface area contributed by atoms with Crippen molar-refractivity contribution in [1.82, 2.24) is 0 Å². The van der Waals surface area contributed by atoms with Crippen LogP contribution in [-0.2, 0) is 22.7 Å². The summed E-state index contributed by atoms with van der Waals surface area (Å²) in [6.07, 6.45) is 4.29. The number of para-hydroxylation sites is 1. The van der Waals surface area contributed by atoms with E-state index in [-0.39, 0.29) is 35.9 Å². The summed E-state index contributed by atoms with van der Waals surface area (Å²) in [5, 5.41) is 7.07.